The Bertz CT molecular complexity index is 337. The summed E-state index contributed by atoms with van der Waals surface area (Å²) in [5, 5.41) is 2.58. The van der Waals surface area contributed by atoms with E-state index >= 15 is 0 Å². The van der Waals surface area contributed by atoms with Crippen LogP contribution in [0.3, 0.4) is 0 Å². The van der Waals surface area contributed by atoms with E-state index in [2.05, 4.69) is 5.32 Å². The van der Waals surface area contributed by atoms with Crippen LogP contribution in [-0.2, 0) is 28.5 Å². The van der Waals surface area contributed by atoms with Gasteiger partial charge in [0.1, 0.15) is 6.61 Å². The van der Waals surface area contributed by atoms with Crippen LogP contribution in [0, 0.1) is 0 Å². The van der Waals surface area contributed by atoms with Gasteiger partial charge in [-0.3, -0.25) is 0 Å². The average molecular weight is 363 g/mol. The third kappa shape index (κ3) is 18.8. The predicted molar refractivity (Wildman–Crippen MR) is 92.6 cm³/mol. The van der Waals surface area contributed by atoms with Crippen molar-refractivity contribution in [3.8, 4) is 0 Å². The molecule has 0 aliphatic rings. The molecule has 0 aromatic carbocycles. The number of esters is 1. The van der Waals surface area contributed by atoms with Crippen molar-refractivity contribution in [3.05, 3.63) is 0 Å². The Morgan fingerprint density at radius 3 is 2.32 bits per heavy atom. The number of carbonyl (C=O) groups excluding carboxylic acids is 2. The summed E-state index contributed by atoms with van der Waals surface area (Å²) in [5.41, 5.74) is 0. The van der Waals surface area contributed by atoms with E-state index < -0.39 is 6.09 Å². The summed E-state index contributed by atoms with van der Waals surface area (Å²) in [5.74, 6) is -0.364. The molecule has 0 radical (unpaired) electrons. The van der Waals surface area contributed by atoms with E-state index in [9.17, 15) is 9.59 Å². The molecule has 0 aromatic heterocycles. The first-order chi connectivity index (χ1) is 12.1. The molecule has 25 heavy (non-hydrogen) atoms. The van der Waals surface area contributed by atoms with Gasteiger partial charge in [-0.1, -0.05) is 13.3 Å². The molecule has 0 heterocycles. The van der Waals surface area contributed by atoms with Crippen molar-refractivity contribution in [2.75, 3.05) is 52.8 Å². The van der Waals surface area contributed by atoms with E-state index in [0.717, 1.165) is 12.8 Å². The third-order valence-electron chi connectivity index (χ3n) is 2.84. The fraction of sp³-hybridized carbons (Fsp3) is 0.882. The van der Waals surface area contributed by atoms with Crippen LogP contribution in [0.5, 0.6) is 0 Å². The number of nitrogens with one attached hydrogen (secondary N) is 1. The second-order valence-corrected chi connectivity index (χ2v) is 5.57. The molecule has 1 N–H and O–H groups in total. The lowest BCUT2D eigenvalue weighted by molar-refractivity contribution is -0.149. The van der Waals surface area contributed by atoms with Crippen molar-refractivity contribution in [3.63, 3.8) is 0 Å². The van der Waals surface area contributed by atoms with Crippen LogP contribution < -0.4 is 5.32 Å². The van der Waals surface area contributed by atoms with E-state index in [-0.39, 0.29) is 18.7 Å². The topological polar surface area (TPSA) is 92.3 Å². The highest BCUT2D eigenvalue weighted by atomic mass is 16.6. The van der Waals surface area contributed by atoms with Crippen molar-refractivity contribution in [2.24, 2.45) is 0 Å². The summed E-state index contributed by atoms with van der Waals surface area (Å²) < 4.78 is 25.6. The van der Waals surface area contributed by atoms with Gasteiger partial charge in [0.15, 0.2) is 0 Å². The SMILES string of the molecule is CCCCOC(=O)COCCOCCNC(=O)OCCCOC(C)C. The molecule has 0 aliphatic carbocycles. The average Bonchev–Trinajstić information content (AvgIpc) is 2.57. The highest BCUT2D eigenvalue weighted by molar-refractivity contribution is 5.70. The van der Waals surface area contributed by atoms with Crippen molar-refractivity contribution in [2.45, 2.75) is 46.1 Å². The summed E-state index contributed by atoms with van der Waals surface area (Å²) >= 11 is 0. The first-order valence-electron chi connectivity index (χ1n) is 8.89. The van der Waals surface area contributed by atoms with Gasteiger partial charge in [0.25, 0.3) is 0 Å². The maximum atomic E-state index is 11.4. The molecule has 148 valence electrons. The van der Waals surface area contributed by atoms with Gasteiger partial charge >= 0.3 is 12.1 Å². The molecule has 0 aromatic rings. The monoisotopic (exact) mass is 363 g/mol. The molecule has 8 nitrogen and oxygen atoms in total. The lowest BCUT2D eigenvalue weighted by Crippen LogP contribution is -2.28. The van der Waals surface area contributed by atoms with Crippen LogP contribution in [0.15, 0.2) is 0 Å². The number of alkyl carbamates (subject to hydrolysis) is 1. The molecule has 0 unspecified atom stereocenters. The largest absolute Gasteiger partial charge is 0.464 e. The minimum Gasteiger partial charge on any atom is -0.464 e. The Morgan fingerprint density at radius 1 is 0.880 bits per heavy atom. The minimum absolute atomic E-state index is 0.0713. The Balaban J connectivity index is 3.27. The molecule has 0 bridgehead atoms. The second-order valence-electron chi connectivity index (χ2n) is 5.57. The Kier molecular flexibility index (Phi) is 16.5. The van der Waals surface area contributed by atoms with Crippen LogP contribution >= 0.6 is 0 Å². The van der Waals surface area contributed by atoms with Crippen molar-refractivity contribution in [1.82, 2.24) is 5.32 Å². The van der Waals surface area contributed by atoms with Gasteiger partial charge in [0.05, 0.1) is 45.7 Å². The van der Waals surface area contributed by atoms with Crippen molar-refractivity contribution >= 4 is 12.1 Å². The van der Waals surface area contributed by atoms with Gasteiger partial charge < -0.3 is 29.0 Å². The Labute approximate surface area is 150 Å². The molecule has 0 saturated carbocycles. The van der Waals surface area contributed by atoms with E-state index in [4.69, 9.17) is 23.7 Å². The number of hydrogen-bond acceptors (Lipinski definition) is 7. The molecule has 0 spiro atoms. The van der Waals surface area contributed by atoms with Gasteiger partial charge in [0, 0.05) is 13.0 Å². The fourth-order valence-corrected chi connectivity index (χ4v) is 1.57. The summed E-state index contributed by atoms with van der Waals surface area (Å²) in [4.78, 5) is 22.6. The summed E-state index contributed by atoms with van der Waals surface area (Å²) in [6.45, 7) is 8.52. The number of carbonyl (C=O) groups is 2. The van der Waals surface area contributed by atoms with Crippen LogP contribution in [0.4, 0.5) is 4.79 Å². The van der Waals surface area contributed by atoms with Gasteiger partial charge in [-0.05, 0) is 20.3 Å². The third-order valence-corrected chi connectivity index (χ3v) is 2.84. The molecule has 0 saturated heterocycles. The van der Waals surface area contributed by atoms with Crippen LogP contribution in [0.25, 0.3) is 0 Å². The minimum atomic E-state index is -0.473. The first kappa shape index (κ1) is 23.6. The number of unbranched alkanes of at least 4 members (excludes halogenated alkanes) is 1. The summed E-state index contributed by atoms with van der Waals surface area (Å²) in [6, 6.07) is 0. The number of amides is 1. The standard InChI is InChI=1S/C17H33NO7/c1-4-5-8-24-16(19)14-22-13-12-21-11-7-18-17(20)25-10-6-9-23-15(2)3/h15H,4-14H2,1-3H3,(H,18,20). The second kappa shape index (κ2) is 17.4. The smallest absolute Gasteiger partial charge is 0.407 e. The van der Waals surface area contributed by atoms with Crippen LogP contribution in [0.2, 0.25) is 0 Å². The normalized spacial score (nSPS) is 10.7. The van der Waals surface area contributed by atoms with Gasteiger partial charge in [-0.15, -0.1) is 0 Å². The molecule has 0 aliphatic heterocycles. The number of ether oxygens (including phenoxy) is 5. The van der Waals surface area contributed by atoms with Crippen molar-refractivity contribution in [1.29, 1.82) is 0 Å². The molecule has 0 rings (SSSR count). The number of rotatable bonds is 16. The van der Waals surface area contributed by atoms with E-state index in [1.165, 1.54) is 0 Å². The van der Waals surface area contributed by atoms with E-state index in [1.54, 1.807) is 0 Å². The van der Waals surface area contributed by atoms with E-state index in [0.29, 0.717) is 52.6 Å². The lowest BCUT2D eigenvalue weighted by atomic mass is 10.4. The van der Waals surface area contributed by atoms with Gasteiger partial charge in [-0.25, -0.2) is 9.59 Å². The molecular weight excluding hydrogens is 330 g/mol. The van der Waals surface area contributed by atoms with Crippen LogP contribution in [0.1, 0.15) is 40.0 Å². The molecule has 0 atom stereocenters. The fourth-order valence-electron chi connectivity index (χ4n) is 1.57. The highest BCUT2D eigenvalue weighted by Gasteiger charge is 2.03. The van der Waals surface area contributed by atoms with Crippen LogP contribution in [-0.4, -0.2) is 71.0 Å². The Hall–Kier alpha value is -1.38. The van der Waals surface area contributed by atoms with E-state index in [1.807, 2.05) is 20.8 Å². The molecule has 0 fully saturated rings. The molecule has 8 heteroatoms. The quantitative estimate of drug-likeness (QED) is 0.331. The predicted octanol–water partition coefficient (Wildman–Crippen LogP) is 1.90. The zero-order chi connectivity index (χ0) is 18.8. The molecular formula is C17H33NO7. The zero-order valence-electron chi connectivity index (χ0n) is 15.7. The maximum absolute atomic E-state index is 11.4. The molecule has 1 amide bonds. The summed E-state index contributed by atoms with van der Waals surface area (Å²) in [7, 11) is 0. The maximum Gasteiger partial charge on any atom is 0.407 e. The Morgan fingerprint density at radius 2 is 1.60 bits per heavy atom. The summed E-state index contributed by atoms with van der Waals surface area (Å²) in [6.07, 6.45) is 2.22. The number of hydrogen-bond donors (Lipinski definition) is 1. The van der Waals surface area contributed by atoms with Gasteiger partial charge in [-0.2, -0.15) is 0 Å². The zero-order valence-corrected chi connectivity index (χ0v) is 15.7. The van der Waals surface area contributed by atoms with Crippen molar-refractivity contribution < 1.29 is 33.3 Å². The first-order valence-corrected chi connectivity index (χ1v) is 8.89. The van der Waals surface area contributed by atoms with Gasteiger partial charge in [0.2, 0.25) is 0 Å². The highest BCUT2D eigenvalue weighted by Crippen LogP contribution is 1.92. The lowest BCUT2D eigenvalue weighted by Gasteiger charge is -2.09.